The summed E-state index contributed by atoms with van der Waals surface area (Å²) in [5.41, 5.74) is 7.99. The molecule has 0 radical (unpaired) electrons. The molecule has 0 spiro atoms. The number of benzene rings is 5. The molecule has 0 atom stereocenters. The van der Waals surface area contributed by atoms with Gasteiger partial charge in [-0.15, -0.1) is 0 Å². The van der Waals surface area contributed by atoms with E-state index in [1.165, 1.54) is 17.2 Å². The van der Waals surface area contributed by atoms with Crippen molar-refractivity contribution in [3.63, 3.8) is 0 Å². The molecule has 170 valence electrons. The van der Waals surface area contributed by atoms with Crippen LogP contribution in [0, 0.1) is 6.92 Å². The zero-order chi connectivity index (χ0) is 24.2. The Hall–Kier alpha value is -4.50. The Kier molecular flexibility index (Phi) is 4.68. The van der Waals surface area contributed by atoms with Gasteiger partial charge in [0, 0.05) is 17.2 Å². The van der Waals surface area contributed by atoms with Crippen LogP contribution in [0.4, 0.5) is 0 Å². The maximum atomic E-state index is 10.8. The smallest absolute Gasteiger partial charge is 0.165 e. The molecule has 0 saturated heterocycles. The van der Waals surface area contributed by atoms with E-state index in [2.05, 4.69) is 84.9 Å². The van der Waals surface area contributed by atoms with E-state index < -0.39 is 5.41 Å². The molecule has 6 rings (SSSR count). The molecule has 0 aliphatic heterocycles. The fourth-order valence-electron chi connectivity index (χ4n) is 5.69. The van der Waals surface area contributed by atoms with Gasteiger partial charge < -0.3 is 15.3 Å². The van der Waals surface area contributed by atoms with Gasteiger partial charge in [-0.1, -0.05) is 97.1 Å². The van der Waals surface area contributed by atoms with Crippen molar-refractivity contribution in [3.8, 4) is 39.5 Å². The van der Waals surface area contributed by atoms with Gasteiger partial charge in [-0.3, -0.25) is 0 Å². The number of rotatable bonds is 3. The SMILES string of the molecule is Cc1c(O)cc(O)c(O)c1-c1ccc2c(c1)C(c1ccccc1)(c1ccccc1)c1ccccc1-2. The molecule has 5 aromatic carbocycles. The maximum Gasteiger partial charge on any atom is 0.165 e. The van der Waals surface area contributed by atoms with Crippen LogP contribution < -0.4 is 0 Å². The monoisotopic (exact) mass is 456 g/mol. The molecular weight excluding hydrogens is 432 g/mol. The van der Waals surface area contributed by atoms with Gasteiger partial charge in [-0.2, -0.15) is 0 Å². The zero-order valence-corrected chi connectivity index (χ0v) is 19.2. The number of fused-ring (bicyclic) bond motifs is 3. The van der Waals surface area contributed by atoms with Crippen molar-refractivity contribution in [1.29, 1.82) is 0 Å². The summed E-state index contributed by atoms with van der Waals surface area (Å²) in [6, 6.07) is 36.7. The van der Waals surface area contributed by atoms with Crippen LogP contribution in [0.25, 0.3) is 22.3 Å². The average Bonchev–Trinajstić information content (AvgIpc) is 3.19. The highest BCUT2D eigenvalue weighted by Gasteiger charge is 2.46. The quantitative estimate of drug-likeness (QED) is 0.196. The second-order valence-corrected chi connectivity index (χ2v) is 9.05. The van der Waals surface area contributed by atoms with E-state index in [0.29, 0.717) is 11.1 Å². The summed E-state index contributed by atoms with van der Waals surface area (Å²) in [4.78, 5) is 0. The lowest BCUT2D eigenvalue weighted by molar-refractivity contribution is 0.397. The number of hydrogen-bond acceptors (Lipinski definition) is 3. The predicted octanol–water partition coefficient (Wildman–Crippen LogP) is 7.14. The first-order valence-electron chi connectivity index (χ1n) is 11.6. The fourth-order valence-corrected chi connectivity index (χ4v) is 5.69. The van der Waals surface area contributed by atoms with Crippen LogP contribution in [-0.4, -0.2) is 15.3 Å². The van der Waals surface area contributed by atoms with Crippen LogP contribution in [-0.2, 0) is 5.41 Å². The van der Waals surface area contributed by atoms with Crippen molar-refractivity contribution in [3.05, 3.63) is 137 Å². The first-order valence-corrected chi connectivity index (χ1v) is 11.6. The van der Waals surface area contributed by atoms with Crippen molar-refractivity contribution in [2.75, 3.05) is 0 Å². The molecule has 0 aromatic heterocycles. The van der Waals surface area contributed by atoms with E-state index in [4.69, 9.17) is 0 Å². The molecule has 5 aromatic rings. The van der Waals surface area contributed by atoms with Gasteiger partial charge in [0.25, 0.3) is 0 Å². The number of hydrogen-bond donors (Lipinski definition) is 3. The Balaban J connectivity index is 1.75. The van der Waals surface area contributed by atoms with Gasteiger partial charge in [0.15, 0.2) is 11.5 Å². The van der Waals surface area contributed by atoms with Gasteiger partial charge in [0.05, 0.1) is 5.41 Å². The lowest BCUT2D eigenvalue weighted by Gasteiger charge is -2.34. The Morgan fingerprint density at radius 3 is 1.77 bits per heavy atom. The van der Waals surface area contributed by atoms with E-state index >= 15 is 0 Å². The van der Waals surface area contributed by atoms with Gasteiger partial charge in [0.2, 0.25) is 0 Å². The molecular formula is C32H24O3. The summed E-state index contributed by atoms with van der Waals surface area (Å²) < 4.78 is 0. The second-order valence-electron chi connectivity index (χ2n) is 9.05. The minimum Gasteiger partial charge on any atom is -0.508 e. The topological polar surface area (TPSA) is 60.7 Å². The second kappa shape index (κ2) is 7.78. The highest BCUT2D eigenvalue weighted by molar-refractivity contribution is 5.90. The molecule has 0 unspecified atom stereocenters. The average molecular weight is 457 g/mol. The zero-order valence-electron chi connectivity index (χ0n) is 19.2. The number of phenols is 3. The molecule has 1 aliphatic carbocycles. The van der Waals surface area contributed by atoms with Crippen molar-refractivity contribution >= 4 is 0 Å². The molecule has 3 N–H and O–H groups in total. The van der Waals surface area contributed by atoms with Gasteiger partial charge >= 0.3 is 0 Å². The largest absolute Gasteiger partial charge is 0.508 e. The molecule has 1 aliphatic rings. The van der Waals surface area contributed by atoms with Crippen LogP contribution in [0.2, 0.25) is 0 Å². The summed E-state index contributed by atoms with van der Waals surface area (Å²) >= 11 is 0. The standard InChI is InChI=1S/C32H24O3/c1-20-28(33)19-29(34)31(35)30(20)21-16-17-25-24-14-8-9-15-26(24)32(27(25)18-21,22-10-4-2-5-11-22)23-12-6-3-7-13-23/h2-19,33-35H,1H3. The molecule has 35 heavy (non-hydrogen) atoms. The molecule has 0 bridgehead atoms. The third kappa shape index (κ3) is 2.91. The minimum absolute atomic E-state index is 0.0588. The van der Waals surface area contributed by atoms with Crippen molar-refractivity contribution < 1.29 is 15.3 Å². The Morgan fingerprint density at radius 2 is 1.11 bits per heavy atom. The Bertz CT molecular complexity index is 1500. The third-order valence-corrected chi connectivity index (χ3v) is 7.26. The maximum absolute atomic E-state index is 10.8. The molecule has 0 fully saturated rings. The van der Waals surface area contributed by atoms with Crippen LogP contribution in [0.15, 0.2) is 109 Å². The van der Waals surface area contributed by atoms with E-state index in [0.717, 1.165) is 27.8 Å². The van der Waals surface area contributed by atoms with Gasteiger partial charge in [-0.25, -0.2) is 0 Å². The summed E-state index contributed by atoms with van der Waals surface area (Å²) in [5.74, 6) is -0.637. The molecule has 0 heterocycles. The van der Waals surface area contributed by atoms with Crippen molar-refractivity contribution in [2.45, 2.75) is 12.3 Å². The summed E-state index contributed by atoms with van der Waals surface area (Å²) in [5, 5.41) is 31.4. The summed E-state index contributed by atoms with van der Waals surface area (Å²) in [6.45, 7) is 1.74. The molecule has 0 saturated carbocycles. The van der Waals surface area contributed by atoms with E-state index in [9.17, 15) is 15.3 Å². The normalized spacial score (nSPS) is 13.3. The highest BCUT2D eigenvalue weighted by Crippen LogP contribution is 2.57. The van der Waals surface area contributed by atoms with Crippen LogP contribution in [0.5, 0.6) is 17.2 Å². The Morgan fingerprint density at radius 1 is 0.543 bits per heavy atom. The molecule has 3 heteroatoms. The van der Waals surface area contributed by atoms with Crippen molar-refractivity contribution in [2.24, 2.45) is 0 Å². The minimum atomic E-state index is -0.563. The highest BCUT2D eigenvalue weighted by atomic mass is 16.3. The lowest BCUT2D eigenvalue weighted by atomic mass is 9.67. The van der Waals surface area contributed by atoms with Crippen LogP contribution in [0.3, 0.4) is 0 Å². The van der Waals surface area contributed by atoms with E-state index in [-0.39, 0.29) is 17.2 Å². The molecule has 3 nitrogen and oxygen atoms in total. The van der Waals surface area contributed by atoms with Crippen LogP contribution >= 0.6 is 0 Å². The van der Waals surface area contributed by atoms with E-state index in [1.54, 1.807) is 6.92 Å². The summed E-state index contributed by atoms with van der Waals surface area (Å²) in [6.07, 6.45) is 0. The number of phenolic OH excluding ortho intramolecular Hbond substituents is 3. The van der Waals surface area contributed by atoms with Crippen molar-refractivity contribution in [1.82, 2.24) is 0 Å². The Labute approximate surface area is 204 Å². The lowest BCUT2D eigenvalue weighted by Crippen LogP contribution is -2.28. The predicted molar refractivity (Wildman–Crippen MR) is 139 cm³/mol. The molecule has 0 amide bonds. The third-order valence-electron chi connectivity index (χ3n) is 7.26. The van der Waals surface area contributed by atoms with E-state index in [1.807, 2.05) is 18.2 Å². The van der Waals surface area contributed by atoms with Crippen LogP contribution in [0.1, 0.15) is 27.8 Å². The summed E-state index contributed by atoms with van der Waals surface area (Å²) in [7, 11) is 0. The first-order chi connectivity index (χ1) is 17.0. The first kappa shape index (κ1) is 21.1. The van der Waals surface area contributed by atoms with Gasteiger partial charge in [0.1, 0.15) is 5.75 Å². The number of aromatic hydroxyl groups is 3. The van der Waals surface area contributed by atoms with Gasteiger partial charge in [-0.05, 0) is 51.9 Å². The fraction of sp³-hybridized carbons (Fsp3) is 0.0625.